The molecule has 0 aliphatic heterocycles. The van der Waals surface area contributed by atoms with Crippen molar-refractivity contribution in [3.63, 3.8) is 0 Å². The maximum atomic E-state index is 13.5. The number of benzene rings is 1. The number of amides is 2. The molecule has 3 rings (SSSR count). The van der Waals surface area contributed by atoms with E-state index >= 15 is 0 Å². The van der Waals surface area contributed by atoms with Gasteiger partial charge in [0, 0.05) is 13.2 Å². The average molecular weight is 422 g/mol. The van der Waals surface area contributed by atoms with Crippen LogP contribution in [0.5, 0.6) is 5.88 Å². The summed E-state index contributed by atoms with van der Waals surface area (Å²) in [5.74, 6) is -1.10. The molecule has 0 atom stereocenters. The fraction of sp³-hybridized carbons (Fsp3) is 0.188. The van der Waals surface area contributed by atoms with Crippen LogP contribution in [0.1, 0.15) is 10.4 Å². The molecule has 28 heavy (non-hydrogen) atoms. The molecule has 0 bridgehead atoms. The van der Waals surface area contributed by atoms with Crippen LogP contribution in [-0.2, 0) is 11.8 Å². The van der Waals surface area contributed by atoms with Gasteiger partial charge < -0.3 is 10.1 Å². The van der Waals surface area contributed by atoms with Crippen LogP contribution in [0.15, 0.2) is 34.8 Å². The maximum absolute atomic E-state index is 13.5. The van der Waals surface area contributed by atoms with Crippen molar-refractivity contribution in [2.45, 2.75) is 4.34 Å². The number of halogens is 1. The molecule has 0 spiro atoms. The molecular formula is C16H15FN6O3S2. The van der Waals surface area contributed by atoms with E-state index in [1.165, 1.54) is 36.2 Å². The number of methoxy groups -OCH3 is 1. The Morgan fingerprint density at radius 2 is 2.07 bits per heavy atom. The molecule has 2 N–H and O–H groups in total. The van der Waals surface area contributed by atoms with Crippen molar-refractivity contribution in [1.29, 1.82) is 0 Å². The lowest BCUT2D eigenvalue weighted by atomic mass is 10.3. The summed E-state index contributed by atoms with van der Waals surface area (Å²) in [7, 11) is 3.09. The Morgan fingerprint density at radius 1 is 1.29 bits per heavy atom. The normalized spacial score (nSPS) is 10.5. The summed E-state index contributed by atoms with van der Waals surface area (Å²) in [5, 5.41) is 17.2. The van der Waals surface area contributed by atoms with E-state index in [1.54, 1.807) is 13.1 Å². The Morgan fingerprint density at radius 3 is 2.82 bits per heavy atom. The standard InChI is InChI=1S/C16H15FN6O3S2/c1-23-7-9(14(22-23)26-2)13(25)19-15-20-21-16(28-15)27-8-12(24)18-11-6-4-3-5-10(11)17/h3-7H,8H2,1-2H3,(H,18,24)(H,19,20,25). The number of anilines is 2. The Bertz CT molecular complexity index is 1010. The van der Waals surface area contributed by atoms with Gasteiger partial charge in [0.2, 0.25) is 16.9 Å². The minimum absolute atomic E-state index is 0.0212. The topological polar surface area (TPSA) is 111 Å². The van der Waals surface area contributed by atoms with E-state index < -0.39 is 11.7 Å². The van der Waals surface area contributed by atoms with E-state index in [1.807, 2.05) is 0 Å². The van der Waals surface area contributed by atoms with Crippen LogP contribution in [0.2, 0.25) is 0 Å². The molecule has 0 saturated carbocycles. The van der Waals surface area contributed by atoms with E-state index in [0.29, 0.717) is 4.34 Å². The van der Waals surface area contributed by atoms with Crippen molar-refractivity contribution in [2.75, 3.05) is 23.5 Å². The molecule has 0 unspecified atom stereocenters. The van der Waals surface area contributed by atoms with Crippen LogP contribution in [0.3, 0.4) is 0 Å². The molecule has 2 heterocycles. The predicted octanol–water partition coefficient (Wildman–Crippen LogP) is 2.40. The SMILES string of the molecule is COc1nn(C)cc1C(=O)Nc1nnc(SCC(=O)Nc2ccccc2F)s1. The Kier molecular flexibility index (Phi) is 6.21. The Balaban J connectivity index is 1.54. The molecular weight excluding hydrogens is 407 g/mol. The highest BCUT2D eigenvalue weighted by molar-refractivity contribution is 8.01. The number of nitrogens with zero attached hydrogens (tertiary/aromatic N) is 4. The van der Waals surface area contributed by atoms with Crippen LogP contribution >= 0.6 is 23.1 Å². The van der Waals surface area contributed by atoms with E-state index in [0.717, 1.165) is 23.1 Å². The molecule has 0 aliphatic rings. The molecule has 1 aromatic carbocycles. The third kappa shape index (κ3) is 4.84. The van der Waals surface area contributed by atoms with Crippen LogP contribution in [0.4, 0.5) is 15.2 Å². The smallest absolute Gasteiger partial charge is 0.264 e. The number of aromatic nitrogens is 4. The molecule has 9 nitrogen and oxygen atoms in total. The van der Waals surface area contributed by atoms with Crippen molar-refractivity contribution >= 4 is 45.7 Å². The van der Waals surface area contributed by atoms with Crippen LogP contribution in [0.25, 0.3) is 0 Å². The summed E-state index contributed by atoms with van der Waals surface area (Å²) < 4.78 is 20.5. The van der Waals surface area contributed by atoms with Gasteiger partial charge in [0.15, 0.2) is 4.34 Å². The minimum Gasteiger partial charge on any atom is -0.479 e. The van der Waals surface area contributed by atoms with Crippen molar-refractivity contribution in [1.82, 2.24) is 20.0 Å². The Labute approximate surface area is 167 Å². The highest BCUT2D eigenvalue weighted by Crippen LogP contribution is 2.26. The van der Waals surface area contributed by atoms with Gasteiger partial charge in [-0.3, -0.25) is 19.6 Å². The number of hydrogen-bond acceptors (Lipinski definition) is 8. The molecule has 0 saturated heterocycles. The van der Waals surface area contributed by atoms with Crippen LogP contribution in [-0.4, -0.2) is 44.7 Å². The summed E-state index contributed by atoms with van der Waals surface area (Å²) in [6.45, 7) is 0. The first-order valence-electron chi connectivity index (χ1n) is 7.86. The average Bonchev–Trinajstić information content (AvgIpc) is 3.28. The maximum Gasteiger partial charge on any atom is 0.264 e. The van der Waals surface area contributed by atoms with Crippen molar-refractivity contribution in [2.24, 2.45) is 7.05 Å². The first kappa shape index (κ1) is 19.8. The summed E-state index contributed by atoms with van der Waals surface area (Å²) in [6, 6.07) is 5.91. The lowest BCUT2D eigenvalue weighted by Crippen LogP contribution is -2.14. The van der Waals surface area contributed by atoms with Gasteiger partial charge in [-0.15, -0.1) is 15.3 Å². The van der Waals surface area contributed by atoms with E-state index in [2.05, 4.69) is 25.9 Å². The summed E-state index contributed by atoms with van der Waals surface area (Å²) in [4.78, 5) is 24.3. The number of carbonyl (C=O) groups is 2. The van der Waals surface area contributed by atoms with E-state index in [9.17, 15) is 14.0 Å². The van der Waals surface area contributed by atoms with Crippen molar-refractivity contribution in [3.05, 3.63) is 41.8 Å². The fourth-order valence-electron chi connectivity index (χ4n) is 2.13. The van der Waals surface area contributed by atoms with Crippen molar-refractivity contribution < 1.29 is 18.7 Å². The third-order valence-corrected chi connectivity index (χ3v) is 5.31. The number of hydrogen-bond donors (Lipinski definition) is 2. The number of ether oxygens (including phenoxy) is 1. The van der Waals surface area contributed by atoms with E-state index in [-0.39, 0.29) is 33.9 Å². The highest BCUT2D eigenvalue weighted by Gasteiger charge is 2.18. The van der Waals surface area contributed by atoms with Gasteiger partial charge in [0.1, 0.15) is 11.4 Å². The van der Waals surface area contributed by atoms with Gasteiger partial charge in [-0.25, -0.2) is 4.39 Å². The number of nitrogens with one attached hydrogen (secondary N) is 2. The number of para-hydroxylation sites is 1. The van der Waals surface area contributed by atoms with Crippen LogP contribution < -0.4 is 15.4 Å². The van der Waals surface area contributed by atoms with E-state index in [4.69, 9.17) is 4.74 Å². The number of rotatable bonds is 7. The molecule has 2 aromatic heterocycles. The lowest BCUT2D eigenvalue weighted by molar-refractivity contribution is -0.113. The molecule has 146 valence electrons. The summed E-state index contributed by atoms with van der Waals surface area (Å²) in [6.07, 6.45) is 1.53. The molecule has 3 aromatic rings. The quantitative estimate of drug-likeness (QED) is 0.444. The lowest BCUT2D eigenvalue weighted by Gasteiger charge is -2.04. The second-order valence-electron chi connectivity index (χ2n) is 5.37. The van der Waals surface area contributed by atoms with Gasteiger partial charge >= 0.3 is 0 Å². The first-order chi connectivity index (χ1) is 13.5. The highest BCUT2D eigenvalue weighted by atomic mass is 32.2. The molecule has 0 radical (unpaired) electrons. The second-order valence-corrected chi connectivity index (χ2v) is 7.57. The van der Waals surface area contributed by atoms with Gasteiger partial charge in [0.25, 0.3) is 5.91 Å². The first-order valence-corrected chi connectivity index (χ1v) is 9.66. The number of carbonyl (C=O) groups excluding carboxylic acids is 2. The zero-order valence-corrected chi connectivity index (χ0v) is 16.4. The number of thioether (sulfide) groups is 1. The fourth-order valence-corrected chi connectivity index (χ4v) is 3.68. The van der Waals surface area contributed by atoms with Crippen LogP contribution in [0, 0.1) is 5.82 Å². The predicted molar refractivity (Wildman–Crippen MR) is 103 cm³/mol. The molecule has 2 amide bonds. The minimum atomic E-state index is -0.507. The molecule has 0 fully saturated rings. The zero-order valence-electron chi connectivity index (χ0n) is 14.8. The largest absolute Gasteiger partial charge is 0.479 e. The Hall–Kier alpha value is -2.99. The third-order valence-electron chi connectivity index (χ3n) is 3.33. The van der Waals surface area contributed by atoms with Gasteiger partial charge in [-0.1, -0.05) is 35.2 Å². The van der Waals surface area contributed by atoms with Gasteiger partial charge in [0.05, 0.1) is 18.6 Å². The zero-order chi connectivity index (χ0) is 20.1. The monoisotopic (exact) mass is 422 g/mol. The summed E-state index contributed by atoms with van der Waals surface area (Å²) >= 11 is 2.24. The van der Waals surface area contributed by atoms with Crippen molar-refractivity contribution in [3.8, 4) is 5.88 Å². The molecule has 0 aliphatic carbocycles. The van der Waals surface area contributed by atoms with Gasteiger partial charge in [-0.05, 0) is 12.1 Å². The van der Waals surface area contributed by atoms with Gasteiger partial charge in [-0.2, -0.15) is 0 Å². The summed E-state index contributed by atoms with van der Waals surface area (Å²) in [5.41, 5.74) is 0.377. The second kappa shape index (κ2) is 8.80. The number of aryl methyl sites for hydroxylation is 1. The molecule has 12 heteroatoms.